The molecule has 0 nitrogen and oxygen atoms in total. The summed E-state index contributed by atoms with van der Waals surface area (Å²) in [6.07, 6.45) is 0. The fraction of sp³-hybridized carbons (Fsp3) is 0.167. The molecule has 1 aromatic carbocycles. The van der Waals surface area contributed by atoms with Crippen LogP contribution in [0, 0.1) is 0 Å². The van der Waals surface area contributed by atoms with Gasteiger partial charge in [-0.1, -0.05) is 22.6 Å². The van der Waals surface area contributed by atoms with E-state index in [2.05, 4.69) is 46.9 Å². The van der Waals surface area contributed by atoms with Crippen molar-refractivity contribution in [2.24, 2.45) is 0 Å². The second kappa shape index (κ2) is 2.40. The smallest absolute Gasteiger partial charge is 0.0306 e. The highest BCUT2D eigenvalue weighted by atomic mass is 127. The summed E-state index contributed by atoms with van der Waals surface area (Å²) in [5.74, 6) is 0. The van der Waals surface area contributed by atoms with Crippen LogP contribution in [0.15, 0.2) is 24.3 Å². The van der Waals surface area contributed by atoms with Gasteiger partial charge in [-0.15, -0.1) is 0 Å². The molecular weight excluding hydrogens is 199 g/mol. The van der Waals surface area contributed by atoms with Crippen LogP contribution in [0.5, 0.6) is 0 Å². The molecule has 0 saturated heterocycles. The summed E-state index contributed by atoms with van der Waals surface area (Å²) in [5, 5.41) is 0. The van der Waals surface area contributed by atoms with Crippen LogP contribution in [0.4, 0.5) is 0 Å². The predicted molar refractivity (Wildman–Crippen MR) is 39.8 cm³/mol. The van der Waals surface area contributed by atoms with E-state index in [0.29, 0.717) is 0 Å². The van der Waals surface area contributed by atoms with Crippen molar-refractivity contribution in [3.63, 3.8) is 0 Å². The van der Waals surface area contributed by atoms with E-state index in [0.717, 1.165) is 4.43 Å². The quantitative estimate of drug-likeness (QED) is 0.375. The maximum absolute atomic E-state index is 2.35. The second-order valence-electron chi connectivity index (χ2n) is 1.43. The van der Waals surface area contributed by atoms with Crippen LogP contribution in [-0.2, 0) is 4.43 Å². The van der Waals surface area contributed by atoms with Gasteiger partial charge < -0.3 is 0 Å². The lowest BCUT2D eigenvalue weighted by Crippen LogP contribution is -1.61. The average Bonchev–Trinajstić information content (AvgIpc) is 2.14. The van der Waals surface area contributed by atoms with Crippen molar-refractivity contribution in [1.82, 2.24) is 0 Å². The van der Waals surface area contributed by atoms with Gasteiger partial charge in [0.15, 0.2) is 0 Å². The molecule has 0 atom stereocenters. The molecule has 0 aromatic heterocycles. The third kappa shape index (κ3) is 1.23. The Kier molecular flexibility index (Phi) is 1.79. The van der Waals surface area contributed by atoms with Crippen LogP contribution in [-0.4, -0.2) is 0 Å². The van der Waals surface area contributed by atoms with Gasteiger partial charge in [-0.2, -0.15) is 23.8 Å². The van der Waals surface area contributed by atoms with Gasteiger partial charge >= 0.3 is 0 Å². The van der Waals surface area contributed by atoms with Crippen LogP contribution in [0.3, 0.4) is 0 Å². The first kappa shape index (κ1) is 5.22. The first-order valence-corrected chi connectivity index (χ1v) is 3.72. The summed E-state index contributed by atoms with van der Waals surface area (Å²) in [4.78, 5) is 0. The minimum atomic E-state index is 1.13. The monoisotopic (exact) mass is 205 g/mol. The molecule has 0 aliphatic rings. The van der Waals surface area contributed by atoms with Crippen molar-refractivity contribution >= 4 is 22.6 Å². The van der Waals surface area contributed by atoms with Gasteiger partial charge in [0.05, 0.1) is 0 Å². The molecule has 38 valence electrons. The van der Waals surface area contributed by atoms with Crippen molar-refractivity contribution in [2.45, 2.75) is 4.43 Å². The van der Waals surface area contributed by atoms with Crippen molar-refractivity contribution in [2.75, 3.05) is 0 Å². The van der Waals surface area contributed by atoms with Crippen molar-refractivity contribution in [3.05, 3.63) is 29.8 Å². The summed E-state index contributed by atoms with van der Waals surface area (Å²) >= 11 is 2.35. The molecule has 0 spiro atoms. The second-order valence-corrected chi connectivity index (χ2v) is 2.19. The summed E-state index contributed by atoms with van der Waals surface area (Å²) < 4.78 is 1.13. The largest absolute Gasteiger partial charge is 0.210 e. The highest BCUT2D eigenvalue weighted by Crippen LogP contribution is 2.04. The first-order valence-electron chi connectivity index (χ1n) is 2.20. The topological polar surface area (TPSA) is 0 Å². The lowest BCUT2D eigenvalue weighted by molar-refractivity contribution is 1.53. The Labute approximate surface area is 57.0 Å². The van der Waals surface area contributed by atoms with E-state index in [1.54, 1.807) is 0 Å². The Morgan fingerprint density at radius 3 is 2.86 bits per heavy atom. The fourth-order valence-electron chi connectivity index (χ4n) is 0.503. The van der Waals surface area contributed by atoms with E-state index in [1.807, 2.05) is 0 Å². The van der Waals surface area contributed by atoms with Gasteiger partial charge in [-0.25, -0.2) is 6.07 Å². The molecule has 7 heavy (non-hydrogen) atoms. The van der Waals surface area contributed by atoms with Crippen molar-refractivity contribution in [3.8, 4) is 0 Å². The lowest BCUT2D eigenvalue weighted by atomic mass is 10.4. The van der Waals surface area contributed by atoms with Crippen LogP contribution >= 0.6 is 22.6 Å². The average molecular weight is 205 g/mol. The van der Waals surface area contributed by atoms with Crippen LogP contribution in [0.2, 0.25) is 0 Å². The number of rotatable bonds is 1. The number of hydrogen-bond donors (Lipinski definition) is 0. The minimum absolute atomic E-state index is 1.13. The highest BCUT2D eigenvalue weighted by Gasteiger charge is 1.71. The van der Waals surface area contributed by atoms with E-state index < -0.39 is 0 Å². The molecule has 0 heterocycles. The molecule has 0 N–H and O–H groups in total. The Bertz CT molecular complexity index is 119. The van der Waals surface area contributed by atoms with Gasteiger partial charge in [0.1, 0.15) is 0 Å². The molecule has 0 fully saturated rings. The Morgan fingerprint density at radius 1 is 1.71 bits per heavy atom. The van der Waals surface area contributed by atoms with Crippen LogP contribution in [0.25, 0.3) is 0 Å². The number of halogens is 1. The SMILES string of the molecule is ICc1cc[cH-]c1. The standard InChI is InChI=1S/C6H6I/c7-5-6-3-1-2-4-6/h1-4H,5H2/q-1. The predicted octanol–water partition coefficient (Wildman–Crippen LogP) is 2.34. The maximum atomic E-state index is 2.35. The lowest BCUT2D eigenvalue weighted by Gasteiger charge is -1.89. The molecule has 0 radical (unpaired) electrons. The molecule has 1 aromatic rings. The van der Waals surface area contributed by atoms with Crippen LogP contribution < -0.4 is 0 Å². The molecule has 0 aliphatic carbocycles. The van der Waals surface area contributed by atoms with E-state index in [1.165, 1.54) is 5.56 Å². The molecular formula is C6H6I-. The molecule has 0 unspecified atom stereocenters. The summed E-state index contributed by atoms with van der Waals surface area (Å²) in [6, 6.07) is 8.39. The highest BCUT2D eigenvalue weighted by molar-refractivity contribution is 14.1. The van der Waals surface area contributed by atoms with Crippen molar-refractivity contribution < 1.29 is 0 Å². The van der Waals surface area contributed by atoms with E-state index in [4.69, 9.17) is 0 Å². The van der Waals surface area contributed by atoms with Crippen molar-refractivity contribution in [1.29, 1.82) is 0 Å². The van der Waals surface area contributed by atoms with Gasteiger partial charge in [0.2, 0.25) is 0 Å². The molecule has 0 amide bonds. The molecule has 0 saturated carbocycles. The zero-order valence-electron chi connectivity index (χ0n) is 3.89. The maximum Gasteiger partial charge on any atom is -0.0306 e. The van der Waals surface area contributed by atoms with E-state index >= 15 is 0 Å². The fourth-order valence-corrected chi connectivity index (χ4v) is 1.01. The Morgan fingerprint density at radius 2 is 2.57 bits per heavy atom. The first-order chi connectivity index (χ1) is 3.43. The summed E-state index contributed by atoms with van der Waals surface area (Å²) in [7, 11) is 0. The molecule has 0 aliphatic heterocycles. The van der Waals surface area contributed by atoms with Crippen LogP contribution in [0.1, 0.15) is 5.56 Å². The summed E-state index contributed by atoms with van der Waals surface area (Å²) in [5.41, 5.74) is 1.42. The number of hydrogen-bond acceptors (Lipinski definition) is 0. The third-order valence-corrected chi connectivity index (χ3v) is 1.77. The normalized spacial score (nSPS) is 9.29. The van der Waals surface area contributed by atoms with E-state index in [9.17, 15) is 0 Å². The third-order valence-electron chi connectivity index (χ3n) is 0.886. The molecule has 1 rings (SSSR count). The molecule has 0 bridgehead atoms. The Hall–Kier alpha value is 0.0800. The van der Waals surface area contributed by atoms with Gasteiger partial charge in [-0.05, 0) is 4.43 Å². The molecule has 1 heteroatoms. The number of alkyl halides is 1. The van der Waals surface area contributed by atoms with Gasteiger partial charge in [0.25, 0.3) is 0 Å². The zero-order valence-corrected chi connectivity index (χ0v) is 6.05. The van der Waals surface area contributed by atoms with E-state index in [-0.39, 0.29) is 0 Å². The minimum Gasteiger partial charge on any atom is -0.210 e. The van der Waals surface area contributed by atoms with Gasteiger partial charge in [-0.3, -0.25) is 0 Å². The summed E-state index contributed by atoms with van der Waals surface area (Å²) in [6.45, 7) is 0. The van der Waals surface area contributed by atoms with Gasteiger partial charge in [0, 0.05) is 0 Å². The zero-order chi connectivity index (χ0) is 5.11. The Balaban J connectivity index is 2.76.